The molecule has 0 saturated carbocycles. The topological polar surface area (TPSA) is 175 Å². The zero-order valence-electron chi connectivity index (χ0n) is 42.0. The summed E-state index contributed by atoms with van der Waals surface area (Å²) < 4.78 is 16.7. The zero-order valence-corrected chi connectivity index (χ0v) is 42.0. The maximum atomic E-state index is 13.0. The van der Waals surface area contributed by atoms with Crippen LogP contribution in [-0.4, -0.2) is 100 Å². The molecule has 1 aliphatic rings. The van der Waals surface area contributed by atoms with Gasteiger partial charge in [-0.2, -0.15) is 0 Å². The minimum absolute atomic E-state index is 0.0331. The summed E-state index contributed by atoms with van der Waals surface area (Å²) in [5.74, 6) is -0.229. The van der Waals surface area contributed by atoms with Crippen molar-refractivity contribution in [3.05, 3.63) is 12.2 Å². The van der Waals surface area contributed by atoms with E-state index >= 15 is 0 Å². The number of esters is 1. The molecule has 11 heteroatoms. The number of aliphatic hydroxyl groups is 5. The molecule has 0 aromatic carbocycles. The largest absolute Gasteiger partial charge is 0.466 e. The van der Waals surface area contributed by atoms with Gasteiger partial charge >= 0.3 is 5.97 Å². The monoisotopic (exact) mass is 926 g/mol. The van der Waals surface area contributed by atoms with E-state index in [4.69, 9.17) is 14.2 Å². The molecule has 65 heavy (non-hydrogen) atoms. The zero-order chi connectivity index (χ0) is 47.4. The summed E-state index contributed by atoms with van der Waals surface area (Å²) in [4.78, 5) is 25.1. The number of amides is 1. The van der Waals surface area contributed by atoms with Gasteiger partial charge in [0.1, 0.15) is 24.4 Å². The number of ether oxygens (including phenoxy) is 3. The van der Waals surface area contributed by atoms with E-state index < -0.39 is 49.5 Å². The molecule has 0 aromatic rings. The van der Waals surface area contributed by atoms with Crippen molar-refractivity contribution in [1.82, 2.24) is 5.32 Å². The van der Waals surface area contributed by atoms with E-state index in [2.05, 4.69) is 19.2 Å². The number of hydrogen-bond donors (Lipinski definition) is 6. The van der Waals surface area contributed by atoms with E-state index in [0.717, 1.165) is 70.6 Å². The summed E-state index contributed by atoms with van der Waals surface area (Å²) in [7, 11) is 0. The normalized spacial score (nSPS) is 19.8. The lowest BCUT2D eigenvalue weighted by Crippen LogP contribution is -2.60. The van der Waals surface area contributed by atoms with Gasteiger partial charge in [-0.05, 0) is 32.1 Å². The van der Waals surface area contributed by atoms with Crippen LogP contribution in [0.3, 0.4) is 0 Å². The molecule has 1 amide bonds. The van der Waals surface area contributed by atoms with Crippen LogP contribution >= 0.6 is 0 Å². The molecular weight excluding hydrogens is 823 g/mol. The molecule has 11 nitrogen and oxygen atoms in total. The van der Waals surface area contributed by atoms with Crippen LogP contribution in [0.1, 0.15) is 258 Å². The van der Waals surface area contributed by atoms with Crippen LogP contribution in [0, 0.1) is 0 Å². The van der Waals surface area contributed by atoms with Crippen molar-refractivity contribution >= 4 is 11.9 Å². The number of hydrogen-bond acceptors (Lipinski definition) is 10. The van der Waals surface area contributed by atoms with Crippen molar-refractivity contribution in [2.75, 3.05) is 19.8 Å². The predicted molar refractivity (Wildman–Crippen MR) is 265 cm³/mol. The smallest absolute Gasteiger partial charge is 0.305 e. The van der Waals surface area contributed by atoms with Crippen molar-refractivity contribution in [3.8, 4) is 0 Å². The maximum Gasteiger partial charge on any atom is 0.305 e. The third kappa shape index (κ3) is 35.2. The second-order valence-electron chi connectivity index (χ2n) is 19.3. The standard InChI is InChI=1S/C54H103NO10/c1-3-5-7-9-11-13-15-16-17-21-24-28-32-36-40-47(57)46(45-64-54-53(62)52(61)51(60)48(44-56)65-54)55-49(58)41-37-33-29-25-22-18-19-23-27-31-35-39-43-63-50(59)42-38-34-30-26-20-14-12-10-8-6-4-2/h36,40,46-48,51-54,56-57,60-62H,3-35,37-39,41-45H2,1-2H3,(H,55,58)/b40-36+. The van der Waals surface area contributed by atoms with E-state index in [-0.39, 0.29) is 18.5 Å². The Morgan fingerprint density at radius 1 is 0.554 bits per heavy atom. The van der Waals surface area contributed by atoms with Crippen LogP contribution in [0.5, 0.6) is 0 Å². The summed E-state index contributed by atoms with van der Waals surface area (Å²) in [6.45, 7) is 4.29. The highest BCUT2D eigenvalue weighted by molar-refractivity contribution is 5.76. The van der Waals surface area contributed by atoms with E-state index in [1.54, 1.807) is 6.08 Å². The van der Waals surface area contributed by atoms with Gasteiger partial charge in [0.05, 0.1) is 32.0 Å². The molecule has 0 bridgehead atoms. The van der Waals surface area contributed by atoms with Gasteiger partial charge in [-0.15, -0.1) is 0 Å². The van der Waals surface area contributed by atoms with Gasteiger partial charge in [-0.1, -0.05) is 225 Å². The molecule has 0 spiro atoms. The maximum absolute atomic E-state index is 13.0. The highest BCUT2D eigenvalue weighted by Gasteiger charge is 2.44. The molecule has 384 valence electrons. The Labute approximate surface area is 398 Å². The van der Waals surface area contributed by atoms with Crippen LogP contribution in [0.25, 0.3) is 0 Å². The van der Waals surface area contributed by atoms with Crippen LogP contribution in [0.15, 0.2) is 12.2 Å². The lowest BCUT2D eigenvalue weighted by molar-refractivity contribution is -0.302. The number of aliphatic hydroxyl groups excluding tert-OH is 5. The first-order chi connectivity index (χ1) is 31.7. The molecule has 1 aliphatic heterocycles. The Morgan fingerprint density at radius 3 is 1.43 bits per heavy atom. The fourth-order valence-corrected chi connectivity index (χ4v) is 8.73. The summed E-state index contributed by atoms with van der Waals surface area (Å²) in [6, 6.07) is -0.820. The number of carbonyl (C=O) groups is 2. The van der Waals surface area contributed by atoms with Crippen LogP contribution in [0.2, 0.25) is 0 Å². The molecule has 1 saturated heterocycles. The highest BCUT2D eigenvalue weighted by atomic mass is 16.7. The predicted octanol–water partition coefficient (Wildman–Crippen LogP) is 11.6. The van der Waals surface area contributed by atoms with Crippen LogP contribution in [-0.2, 0) is 23.8 Å². The van der Waals surface area contributed by atoms with E-state index in [0.29, 0.717) is 19.4 Å². The first-order valence-corrected chi connectivity index (χ1v) is 27.5. The van der Waals surface area contributed by atoms with Gasteiger partial charge in [0.15, 0.2) is 6.29 Å². The minimum Gasteiger partial charge on any atom is -0.466 e. The minimum atomic E-state index is -1.58. The number of allylic oxidation sites excluding steroid dienone is 1. The summed E-state index contributed by atoms with van der Waals surface area (Å²) in [5.41, 5.74) is 0. The number of carbonyl (C=O) groups excluding carboxylic acids is 2. The lowest BCUT2D eigenvalue weighted by Gasteiger charge is -2.40. The van der Waals surface area contributed by atoms with Crippen molar-refractivity contribution in [3.63, 3.8) is 0 Å². The Kier molecular flexibility index (Phi) is 42.4. The van der Waals surface area contributed by atoms with Crippen molar-refractivity contribution in [2.24, 2.45) is 0 Å². The summed E-state index contributed by atoms with van der Waals surface area (Å²) >= 11 is 0. The number of nitrogens with one attached hydrogen (secondary N) is 1. The number of rotatable bonds is 47. The summed E-state index contributed by atoms with van der Waals surface area (Å²) in [5, 5.41) is 54.3. The Balaban J connectivity index is 2.19. The quantitative estimate of drug-likeness (QED) is 0.0196. The lowest BCUT2D eigenvalue weighted by atomic mass is 9.99. The molecule has 7 unspecified atom stereocenters. The average Bonchev–Trinajstić information content (AvgIpc) is 3.30. The molecular formula is C54H103NO10. The highest BCUT2D eigenvalue weighted by Crippen LogP contribution is 2.23. The van der Waals surface area contributed by atoms with Gasteiger partial charge in [0, 0.05) is 12.8 Å². The first kappa shape index (κ1) is 61.4. The molecule has 0 aromatic heterocycles. The SMILES string of the molecule is CCCCCCCCCCCCCC/C=C/C(O)C(COC1OC(CO)C(O)C(O)C1O)NC(=O)CCCCCCCCCCCCCCOC(=O)CCCCCCCCCCCCC. The summed E-state index contributed by atoms with van der Waals surface area (Å²) in [6.07, 6.45) is 39.9. The Morgan fingerprint density at radius 2 is 0.969 bits per heavy atom. The Hall–Kier alpha value is -1.60. The van der Waals surface area contributed by atoms with Gasteiger partial charge in [0.2, 0.25) is 5.91 Å². The van der Waals surface area contributed by atoms with Gasteiger partial charge < -0.3 is 45.1 Å². The molecule has 6 N–H and O–H groups in total. The average molecular weight is 926 g/mol. The van der Waals surface area contributed by atoms with E-state index in [1.807, 2.05) is 6.08 Å². The van der Waals surface area contributed by atoms with Crippen LogP contribution in [0.4, 0.5) is 0 Å². The second kappa shape index (κ2) is 44.9. The van der Waals surface area contributed by atoms with Crippen LogP contribution < -0.4 is 5.32 Å². The third-order valence-corrected chi connectivity index (χ3v) is 13.2. The van der Waals surface area contributed by atoms with Crippen molar-refractivity contribution < 1.29 is 49.3 Å². The molecule has 1 heterocycles. The van der Waals surface area contributed by atoms with Gasteiger partial charge in [-0.3, -0.25) is 9.59 Å². The van der Waals surface area contributed by atoms with E-state index in [9.17, 15) is 35.1 Å². The molecule has 1 rings (SSSR count). The molecule has 0 aliphatic carbocycles. The Bertz CT molecular complexity index is 1090. The molecule has 7 atom stereocenters. The fourth-order valence-electron chi connectivity index (χ4n) is 8.73. The second-order valence-corrected chi connectivity index (χ2v) is 19.3. The van der Waals surface area contributed by atoms with Gasteiger partial charge in [-0.25, -0.2) is 0 Å². The van der Waals surface area contributed by atoms with Gasteiger partial charge in [0.25, 0.3) is 0 Å². The third-order valence-electron chi connectivity index (χ3n) is 13.2. The molecule has 1 fully saturated rings. The van der Waals surface area contributed by atoms with E-state index in [1.165, 1.54) is 161 Å². The number of unbranched alkanes of at least 4 members (excludes halogenated alkanes) is 33. The fraction of sp³-hybridized carbons (Fsp3) is 0.926. The molecule has 0 radical (unpaired) electrons. The first-order valence-electron chi connectivity index (χ1n) is 27.5. The van der Waals surface area contributed by atoms with Crippen molar-refractivity contribution in [1.29, 1.82) is 0 Å². The van der Waals surface area contributed by atoms with Crippen molar-refractivity contribution in [2.45, 2.75) is 301 Å².